The fraction of sp³-hybridized carbons (Fsp3) is 0. The summed E-state index contributed by atoms with van der Waals surface area (Å²) >= 11 is 4.66. The van der Waals surface area contributed by atoms with Crippen LogP contribution in [0.25, 0.3) is 19.5 Å². The molecule has 3 aliphatic heterocycles. The third-order valence-electron chi connectivity index (χ3n) is 6.50. The standard InChI is InChI=1S/C30H14O6S3/c1-3-9-17-15(7-1)31-21-13-37-27(23(21)33-17)29-25-26(36-20-12-6-5-11-19(20)35-25)30(39-29)28-24-22(14-38-28)32-16-8-2-4-10-18(16)34-24/h1-14H. The second kappa shape index (κ2) is 8.03. The highest BCUT2D eigenvalue weighted by molar-refractivity contribution is 7.27. The predicted molar refractivity (Wildman–Crippen MR) is 151 cm³/mol. The lowest BCUT2D eigenvalue weighted by molar-refractivity contribution is 0.359. The smallest absolute Gasteiger partial charge is 0.190 e. The number of thiophene rings is 3. The number of para-hydroxylation sites is 6. The molecule has 9 heteroatoms. The molecule has 0 bridgehead atoms. The van der Waals surface area contributed by atoms with Gasteiger partial charge < -0.3 is 28.4 Å². The molecular weight excluding hydrogens is 553 g/mol. The second-order valence-electron chi connectivity index (χ2n) is 8.89. The Morgan fingerprint density at radius 3 is 1.05 bits per heavy atom. The number of hydrogen-bond acceptors (Lipinski definition) is 9. The molecule has 3 aromatic heterocycles. The van der Waals surface area contributed by atoms with E-state index in [-0.39, 0.29) is 0 Å². The topological polar surface area (TPSA) is 55.4 Å². The van der Waals surface area contributed by atoms with Crippen LogP contribution in [0.1, 0.15) is 0 Å². The van der Waals surface area contributed by atoms with Crippen molar-refractivity contribution in [1.82, 2.24) is 0 Å². The summed E-state index contributed by atoms with van der Waals surface area (Å²) in [6.07, 6.45) is 0. The molecule has 0 radical (unpaired) electrons. The zero-order valence-corrected chi connectivity index (χ0v) is 22.2. The Labute approximate surface area is 233 Å². The summed E-state index contributed by atoms with van der Waals surface area (Å²) in [7, 11) is 0. The fourth-order valence-corrected chi connectivity index (χ4v) is 7.95. The summed E-state index contributed by atoms with van der Waals surface area (Å²) in [5.41, 5.74) is 0. The van der Waals surface area contributed by atoms with Crippen LogP contribution in [0.5, 0.6) is 69.0 Å². The summed E-state index contributed by atoms with van der Waals surface area (Å²) in [6, 6.07) is 23.0. The number of fused-ring (bicyclic) bond motifs is 6. The molecule has 0 spiro atoms. The molecule has 0 aliphatic carbocycles. The molecule has 0 saturated heterocycles. The van der Waals surface area contributed by atoms with Gasteiger partial charge in [0.05, 0.1) is 19.5 Å². The van der Waals surface area contributed by atoms with Gasteiger partial charge in [-0.25, -0.2) is 0 Å². The maximum atomic E-state index is 6.50. The first kappa shape index (κ1) is 21.5. The first-order valence-electron chi connectivity index (χ1n) is 12.0. The fourth-order valence-electron chi connectivity index (χ4n) is 4.73. The van der Waals surface area contributed by atoms with Gasteiger partial charge in [-0.2, -0.15) is 0 Å². The number of benzene rings is 3. The number of rotatable bonds is 2. The van der Waals surface area contributed by atoms with Crippen LogP contribution in [-0.2, 0) is 0 Å². The first-order valence-corrected chi connectivity index (χ1v) is 14.6. The van der Waals surface area contributed by atoms with Gasteiger partial charge in [0.25, 0.3) is 0 Å². The van der Waals surface area contributed by atoms with Gasteiger partial charge in [0.2, 0.25) is 0 Å². The van der Waals surface area contributed by atoms with Crippen LogP contribution in [0.3, 0.4) is 0 Å². The van der Waals surface area contributed by atoms with E-state index in [4.69, 9.17) is 28.4 Å². The summed E-state index contributed by atoms with van der Waals surface area (Å²) in [4.78, 5) is 3.59. The van der Waals surface area contributed by atoms with Gasteiger partial charge in [-0.05, 0) is 36.4 Å². The molecule has 0 unspecified atom stereocenters. The second-order valence-corrected chi connectivity index (χ2v) is 11.7. The third kappa shape index (κ3) is 3.18. The summed E-state index contributed by atoms with van der Waals surface area (Å²) < 4.78 is 38.0. The third-order valence-corrected chi connectivity index (χ3v) is 9.86. The average molecular weight is 567 g/mol. The quantitative estimate of drug-likeness (QED) is 0.207. The van der Waals surface area contributed by atoms with E-state index >= 15 is 0 Å². The van der Waals surface area contributed by atoms with Gasteiger partial charge in [-0.3, -0.25) is 0 Å². The zero-order valence-electron chi connectivity index (χ0n) is 19.8. The molecule has 0 N–H and O–H groups in total. The molecule has 6 heterocycles. The predicted octanol–water partition coefficient (Wildman–Crippen LogP) is 10.9. The maximum absolute atomic E-state index is 6.50. The van der Waals surface area contributed by atoms with E-state index in [1.54, 1.807) is 34.0 Å². The monoisotopic (exact) mass is 566 g/mol. The van der Waals surface area contributed by atoms with Crippen LogP contribution in [-0.4, -0.2) is 0 Å². The van der Waals surface area contributed by atoms with Crippen LogP contribution in [0.4, 0.5) is 0 Å². The van der Waals surface area contributed by atoms with Gasteiger partial charge in [-0.1, -0.05) is 36.4 Å². The van der Waals surface area contributed by atoms with Gasteiger partial charge in [-0.15, -0.1) is 34.0 Å². The normalized spacial score (nSPS) is 13.3. The number of ether oxygens (including phenoxy) is 6. The zero-order chi connectivity index (χ0) is 25.5. The Bertz CT molecular complexity index is 1810. The van der Waals surface area contributed by atoms with E-state index in [9.17, 15) is 0 Å². The Morgan fingerprint density at radius 2 is 0.667 bits per heavy atom. The van der Waals surface area contributed by atoms with Crippen molar-refractivity contribution in [3.05, 3.63) is 83.6 Å². The minimum atomic E-state index is 0.639. The maximum Gasteiger partial charge on any atom is 0.190 e. The first-order chi connectivity index (χ1) is 19.3. The SMILES string of the molecule is c1ccc2c(c1)Oc1csc(-c3sc(-c4scc5c4Oc4ccccc4O5)c4c3Oc3ccccc3O4)c1O2. The molecule has 0 atom stereocenters. The van der Waals surface area contributed by atoms with E-state index < -0.39 is 0 Å². The lowest BCUT2D eigenvalue weighted by Gasteiger charge is -2.21. The van der Waals surface area contributed by atoms with Crippen molar-refractivity contribution in [2.75, 3.05) is 0 Å². The van der Waals surface area contributed by atoms with Crippen molar-refractivity contribution in [2.45, 2.75) is 0 Å². The Balaban J connectivity index is 1.21. The molecular formula is C30H14O6S3. The van der Waals surface area contributed by atoms with E-state index in [1.165, 1.54) is 0 Å². The molecule has 39 heavy (non-hydrogen) atoms. The minimum absolute atomic E-state index is 0.639. The molecule has 0 fully saturated rings. The van der Waals surface area contributed by atoms with Crippen molar-refractivity contribution < 1.29 is 28.4 Å². The van der Waals surface area contributed by atoms with Gasteiger partial charge in [0, 0.05) is 10.8 Å². The van der Waals surface area contributed by atoms with E-state index in [0.717, 1.165) is 19.5 Å². The molecule has 0 saturated carbocycles. The molecule has 9 rings (SSSR count). The average Bonchev–Trinajstić information content (AvgIpc) is 3.68. The van der Waals surface area contributed by atoms with Crippen LogP contribution in [0.15, 0.2) is 83.6 Å². The summed E-state index contributed by atoms with van der Waals surface area (Å²) in [6.45, 7) is 0. The lowest BCUT2D eigenvalue weighted by Crippen LogP contribution is -1.99. The summed E-state index contributed by atoms with van der Waals surface area (Å²) in [5.74, 6) is 8.02. The Morgan fingerprint density at radius 1 is 0.333 bits per heavy atom. The van der Waals surface area contributed by atoms with Crippen molar-refractivity contribution >= 4 is 34.0 Å². The Kier molecular flexibility index (Phi) is 4.43. The van der Waals surface area contributed by atoms with Crippen molar-refractivity contribution in [1.29, 1.82) is 0 Å². The molecule has 188 valence electrons. The van der Waals surface area contributed by atoms with E-state index in [0.29, 0.717) is 69.0 Å². The molecule has 3 aliphatic rings. The van der Waals surface area contributed by atoms with Crippen LogP contribution in [0, 0.1) is 0 Å². The lowest BCUT2D eigenvalue weighted by atomic mass is 10.2. The van der Waals surface area contributed by atoms with Gasteiger partial charge in [0.1, 0.15) is 0 Å². The van der Waals surface area contributed by atoms with Crippen molar-refractivity contribution in [2.24, 2.45) is 0 Å². The molecule has 3 aromatic carbocycles. The van der Waals surface area contributed by atoms with Crippen LogP contribution >= 0.6 is 34.0 Å². The highest BCUT2D eigenvalue weighted by atomic mass is 32.1. The van der Waals surface area contributed by atoms with Crippen LogP contribution < -0.4 is 28.4 Å². The highest BCUT2D eigenvalue weighted by Gasteiger charge is 2.36. The highest BCUT2D eigenvalue weighted by Crippen LogP contribution is 2.65. The summed E-state index contributed by atoms with van der Waals surface area (Å²) in [5, 5.41) is 3.93. The molecule has 0 amide bonds. The van der Waals surface area contributed by atoms with Crippen molar-refractivity contribution in [3.63, 3.8) is 0 Å². The van der Waals surface area contributed by atoms with Crippen molar-refractivity contribution in [3.8, 4) is 88.5 Å². The van der Waals surface area contributed by atoms with Gasteiger partial charge >= 0.3 is 0 Å². The largest absolute Gasteiger partial charge is 0.449 e. The molecule has 6 nitrogen and oxygen atoms in total. The number of hydrogen-bond donors (Lipinski definition) is 0. The Hall–Kier alpha value is -4.44. The van der Waals surface area contributed by atoms with E-state index in [1.807, 2.05) is 83.6 Å². The van der Waals surface area contributed by atoms with Gasteiger partial charge in [0.15, 0.2) is 69.0 Å². The van der Waals surface area contributed by atoms with E-state index in [2.05, 4.69) is 0 Å². The molecule has 6 aromatic rings. The minimum Gasteiger partial charge on any atom is -0.449 e. The van der Waals surface area contributed by atoms with Crippen LogP contribution in [0.2, 0.25) is 0 Å².